The molecule has 1 aliphatic carbocycles. The molecule has 5 nitrogen and oxygen atoms in total. The Morgan fingerprint density at radius 1 is 1.12 bits per heavy atom. The van der Waals surface area contributed by atoms with Crippen molar-refractivity contribution >= 4 is 32.7 Å². The monoisotopic (exact) mass is 523 g/mol. The van der Waals surface area contributed by atoms with Gasteiger partial charge in [-0.2, -0.15) is 0 Å². The van der Waals surface area contributed by atoms with Gasteiger partial charge in [-0.05, 0) is 68.0 Å². The highest BCUT2D eigenvalue weighted by Gasteiger charge is 2.34. The maximum Gasteiger partial charge on any atom is 0.266 e. The van der Waals surface area contributed by atoms with Gasteiger partial charge in [0.05, 0.1) is 22.6 Å². The van der Waals surface area contributed by atoms with Crippen molar-refractivity contribution in [3.63, 3.8) is 0 Å². The maximum absolute atomic E-state index is 13.8. The van der Waals surface area contributed by atoms with E-state index in [1.54, 1.807) is 4.57 Å². The van der Waals surface area contributed by atoms with Gasteiger partial charge >= 0.3 is 0 Å². The Kier molecular flexibility index (Phi) is 7.87. The van der Waals surface area contributed by atoms with E-state index in [0.29, 0.717) is 35.6 Å². The lowest BCUT2D eigenvalue weighted by molar-refractivity contribution is -0.138. The van der Waals surface area contributed by atoms with Crippen LogP contribution in [0.5, 0.6) is 0 Å². The molecule has 1 atom stereocenters. The fourth-order valence-corrected chi connectivity index (χ4v) is 5.24. The van der Waals surface area contributed by atoms with Crippen LogP contribution in [0.25, 0.3) is 16.6 Å². The SMILES string of the molecule is CCC(c1nc2ccccc2c(=O)n1-c1ccc(Br)cc1)N(CCC(C)C)C(=O)C1CCCC1. The fourth-order valence-electron chi connectivity index (χ4n) is 4.98. The van der Waals surface area contributed by atoms with Crippen LogP contribution in [0, 0.1) is 11.8 Å². The van der Waals surface area contributed by atoms with E-state index < -0.39 is 0 Å². The molecule has 4 rings (SSSR count). The summed E-state index contributed by atoms with van der Waals surface area (Å²) in [4.78, 5) is 34.6. The Labute approximate surface area is 210 Å². The first-order chi connectivity index (χ1) is 16.4. The number of halogens is 1. The topological polar surface area (TPSA) is 55.2 Å². The van der Waals surface area contributed by atoms with Crippen molar-refractivity contribution in [3.05, 3.63) is 69.2 Å². The second kappa shape index (κ2) is 10.9. The minimum absolute atomic E-state index is 0.0783. The average Bonchev–Trinajstić information content (AvgIpc) is 3.37. The Hall–Kier alpha value is -2.47. The van der Waals surface area contributed by atoms with Crippen LogP contribution in [0.4, 0.5) is 0 Å². The van der Waals surface area contributed by atoms with Gasteiger partial charge in [-0.15, -0.1) is 0 Å². The predicted octanol–water partition coefficient (Wildman–Crippen LogP) is 6.66. The first-order valence-corrected chi connectivity index (χ1v) is 13.3. The van der Waals surface area contributed by atoms with E-state index in [9.17, 15) is 9.59 Å². The number of carbonyl (C=O) groups excluding carboxylic acids is 1. The normalized spacial score (nSPS) is 15.2. The first kappa shape index (κ1) is 24.6. The number of carbonyl (C=O) groups is 1. The zero-order valence-corrected chi connectivity index (χ0v) is 21.9. The molecule has 0 N–H and O–H groups in total. The minimum atomic E-state index is -0.271. The van der Waals surface area contributed by atoms with E-state index in [0.717, 1.165) is 42.3 Å². The number of benzene rings is 2. The Morgan fingerprint density at radius 3 is 2.44 bits per heavy atom. The molecule has 0 spiro atoms. The van der Waals surface area contributed by atoms with Crippen LogP contribution in [0.15, 0.2) is 57.8 Å². The number of fused-ring (bicyclic) bond motifs is 1. The van der Waals surface area contributed by atoms with Crippen LogP contribution >= 0.6 is 15.9 Å². The Bertz CT molecular complexity index is 1200. The molecule has 0 radical (unpaired) electrons. The third-order valence-electron chi connectivity index (χ3n) is 6.88. The molecule has 1 fully saturated rings. The third-order valence-corrected chi connectivity index (χ3v) is 7.41. The van der Waals surface area contributed by atoms with E-state index in [1.165, 1.54) is 0 Å². The molecule has 1 aliphatic rings. The van der Waals surface area contributed by atoms with Crippen LogP contribution in [-0.4, -0.2) is 26.9 Å². The summed E-state index contributed by atoms with van der Waals surface area (Å²) in [5.74, 6) is 1.42. The highest BCUT2D eigenvalue weighted by molar-refractivity contribution is 9.10. The second-order valence-electron chi connectivity index (χ2n) is 9.72. The van der Waals surface area contributed by atoms with E-state index in [4.69, 9.17) is 4.98 Å². The third kappa shape index (κ3) is 5.12. The van der Waals surface area contributed by atoms with Crippen molar-refractivity contribution < 1.29 is 4.79 Å². The minimum Gasteiger partial charge on any atom is -0.332 e. The lowest BCUT2D eigenvalue weighted by Gasteiger charge is -2.34. The van der Waals surface area contributed by atoms with Crippen molar-refractivity contribution in [2.24, 2.45) is 11.8 Å². The molecule has 1 heterocycles. The molecule has 1 aromatic heterocycles. The van der Waals surface area contributed by atoms with E-state index >= 15 is 0 Å². The van der Waals surface area contributed by atoms with Gasteiger partial charge in [0, 0.05) is 16.9 Å². The first-order valence-electron chi connectivity index (χ1n) is 12.5. The summed E-state index contributed by atoms with van der Waals surface area (Å²) in [6.07, 6.45) is 5.76. The van der Waals surface area contributed by atoms with Crippen molar-refractivity contribution in [3.8, 4) is 5.69 Å². The van der Waals surface area contributed by atoms with E-state index in [2.05, 4.69) is 36.7 Å². The molecular formula is C28H34BrN3O2. The highest BCUT2D eigenvalue weighted by atomic mass is 79.9. The molecule has 1 unspecified atom stereocenters. The molecule has 2 aromatic carbocycles. The summed E-state index contributed by atoms with van der Waals surface area (Å²) in [7, 11) is 0. The number of hydrogen-bond acceptors (Lipinski definition) is 3. The summed E-state index contributed by atoms with van der Waals surface area (Å²) >= 11 is 3.50. The van der Waals surface area contributed by atoms with Gasteiger partial charge in [-0.25, -0.2) is 4.98 Å². The number of nitrogens with zero attached hydrogens (tertiary/aromatic N) is 3. The summed E-state index contributed by atoms with van der Waals surface area (Å²) in [6.45, 7) is 7.13. The zero-order valence-electron chi connectivity index (χ0n) is 20.3. The molecule has 34 heavy (non-hydrogen) atoms. The van der Waals surface area contributed by atoms with Crippen molar-refractivity contribution in [1.82, 2.24) is 14.5 Å². The molecule has 0 saturated heterocycles. The van der Waals surface area contributed by atoms with Crippen molar-refractivity contribution in [2.75, 3.05) is 6.54 Å². The Balaban J connectivity index is 1.89. The van der Waals surface area contributed by atoms with Gasteiger partial charge in [0.1, 0.15) is 5.82 Å². The van der Waals surface area contributed by atoms with Crippen LogP contribution < -0.4 is 5.56 Å². The summed E-state index contributed by atoms with van der Waals surface area (Å²) < 4.78 is 2.66. The Morgan fingerprint density at radius 2 is 1.79 bits per heavy atom. The molecule has 0 aliphatic heterocycles. The van der Waals surface area contributed by atoms with Crippen LogP contribution in [0.2, 0.25) is 0 Å². The van der Waals surface area contributed by atoms with Gasteiger partial charge in [-0.1, -0.05) is 61.7 Å². The smallest absolute Gasteiger partial charge is 0.266 e. The number of rotatable bonds is 8. The van der Waals surface area contributed by atoms with Gasteiger partial charge < -0.3 is 4.90 Å². The lowest BCUT2D eigenvalue weighted by Crippen LogP contribution is -2.42. The summed E-state index contributed by atoms with van der Waals surface area (Å²) in [5.41, 5.74) is 1.34. The maximum atomic E-state index is 13.8. The van der Waals surface area contributed by atoms with Crippen molar-refractivity contribution in [2.45, 2.75) is 65.3 Å². The van der Waals surface area contributed by atoms with Gasteiger partial charge in [0.2, 0.25) is 5.91 Å². The molecule has 1 saturated carbocycles. The number of amides is 1. The predicted molar refractivity (Wildman–Crippen MR) is 141 cm³/mol. The summed E-state index contributed by atoms with van der Waals surface area (Å²) in [5, 5.41) is 0.583. The largest absolute Gasteiger partial charge is 0.332 e. The lowest BCUT2D eigenvalue weighted by atomic mass is 10.0. The summed E-state index contributed by atoms with van der Waals surface area (Å²) in [6, 6.07) is 14.9. The van der Waals surface area contributed by atoms with E-state index in [-0.39, 0.29) is 23.4 Å². The van der Waals surface area contributed by atoms with Crippen LogP contribution in [-0.2, 0) is 4.79 Å². The molecule has 180 valence electrons. The molecule has 1 amide bonds. The second-order valence-corrected chi connectivity index (χ2v) is 10.6. The van der Waals surface area contributed by atoms with Crippen LogP contribution in [0.1, 0.15) is 71.2 Å². The number of para-hydroxylation sites is 1. The molecule has 3 aromatic rings. The van der Waals surface area contributed by atoms with Crippen LogP contribution in [0.3, 0.4) is 0 Å². The quantitative estimate of drug-likeness (QED) is 0.331. The molecular weight excluding hydrogens is 490 g/mol. The van der Waals surface area contributed by atoms with E-state index in [1.807, 2.05) is 53.4 Å². The van der Waals surface area contributed by atoms with Gasteiger partial charge in [0.15, 0.2) is 0 Å². The zero-order chi connectivity index (χ0) is 24.2. The number of hydrogen-bond donors (Lipinski definition) is 0. The van der Waals surface area contributed by atoms with Gasteiger partial charge in [0.25, 0.3) is 5.56 Å². The average molecular weight is 525 g/mol. The fraction of sp³-hybridized carbons (Fsp3) is 0.464. The standard InChI is InChI=1S/C28H34BrN3O2/c1-4-25(31(18-17-19(2)3)27(33)20-9-5-6-10-20)26-30-24-12-8-7-11-23(24)28(34)32(26)22-15-13-21(29)14-16-22/h7-8,11-16,19-20,25H,4-6,9-10,17-18H2,1-3H3. The molecule has 6 heteroatoms. The van der Waals surface area contributed by atoms with Gasteiger partial charge in [-0.3, -0.25) is 14.2 Å². The van der Waals surface area contributed by atoms with Crippen molar-refractivity contribution in [1.29, 1.82) is 0 Å². The highest BCUT2D eigenvalue weighted by Crippen LogP contribution is 2.33. The molecule has 0 bridgehead atoms. The number of aromatic nitrogens is 2.